The van der Waals surface area contributed by atoms with Gasteiger partial charge in [-0.25, -0.2) is 4.39 Å². The minimum absolute atomic E-state index is 0.0264. The van der Waals surface area contributed by atoms with Crippen molar-refractivity contribution in [3.05, 3.63) is 54.3 Å². The molecule has 5 heteroatoms. The minimum Gasteiger partial charge on any atom is -0.294 e. The zero-order valence-corrected chi connectivity index (χ0v) is 13.5. The molecule has 0 radical (unpaired) electrons. The van der Waals surface area contributed by atoms with E-state index in [0.717, 1.165) is 18.7 Å². The first-order chi connectivity index (χ1) is 8.47. The van der Waals surface area contributed by atoms with E-state index in [2.05, 4.69) is 31.9 Å². The summed E-state index contributed by atoms with van der Waals surface area (Å²) in [5.74, 6) is -0.248. The number of hydrogen-bond acceptors (Lipinski definition) is 2. The zero-order valence-electron chi connectivity index (χ0n) is 9.47. The van der Waals surface area contributed by atoms with Gasteiger partial charge in [-0.15, -0.1) is 11.3 Å². The molecule has 0 bridgehead atoms. The molecule has 18 heavy (non-hydrogen) atoms. The molecular formula is C13H9Br2FOS. The Kier molecular flexibility index (Phi) is 4.35. The van der Waals surface area contributed by atoms with Crippen molar-refractivity contribution >= 4 is 49.0 Å². The zero-order chi connectivity index (χ0) is 13.3. The lowest BCUT2D eigenvalue weighted by Crippen LogP contribution is -2.04. The summed E-state index contributed by atoms with van der Waals surface area (Å²) in [5, 5.41) is 0. The highest BCUT2D eigenvalue weighted by atomic mass is 79.9. The van der Waals surface area contributed by atoms with Crippen LogP contribution in [0.4, 0.5) is 4.39 Å². The predicted molar refractivity (Wildman–Crippen MR) is 78.9 cm³/mol. The van der Waals surface area contributed by atoms with E-state index in [4.69, 9.17) is 0 Å². The van der Waals surface area contributed by atoms with E-state index in [1.54, 1.807) is 12.1 Å². The summed E-state index contributed by atoms with van der Waals surface area (Å²) in [5.41, 5.74) is 2.32. The van der Waals surface area contributed by atoms with Crippen LogP contribution in [0.5, 0.6) is 0 Å². The SMILES string of the molecule is Cc1cc(F)ccc1CC(=O)c1cc(Br)sc1Br. The number of aryl methyl sites for hydroxylation is 1. The number of ketones is 1. The molecule has 1 heterocycles. The summed E-state index contributed by atoms with van der Waals surface area (Å²) >= 11 is 8.18. The summed E-state index contributed by atoms with van der Waals surface area (Å²) in [6.45, 7) is 1.81. The molecule has 0 spiro atoms. The van der Waals surface area contributed by atoms with Gasteiger partial charge in [0.15, 0.2) is 5.78 Å². The van der Waals surface area contributed by atoms with Crippen LogP contribution < -0.4 is 0 Å². The highest BCUT2D eigenvalue weighted by Crippen LogP contribution is 2.32. The number of Topliss-reactive ketones (excluding diaryl/α,β-unsaturated/α-hetero) is 1. The van der Waals surface area contributed by atoms with Gasteiger partial charge in [0.05, 0.1) is 7.57 Å². The first-order valence-corrected chi connectivity index (χ1v) is 7.60. The normalized spacial score (nSPS) is 10.7. The Morgan fingerprint density at radius 2 is 2.06 bits per heavy atom. The van der Waals surface area contributed by atoms with Crippen molar-refractivity contribution in [2.75, 3.05) is 0 Å². The quantitative estimate of drug-likeness (QED) is 0.661. The van der Waals surface area contributed by atoms with Crippen LogP contribution >= 0.6 is 43.2 Å². The number of benzene rings is 1. The first kappa shape index (κ1) is 13.9. The number of carbonyl (C=O) groups is 1. The number of thiophene rings is 1. The number of carbonyl (C=O) groups excluding carboxylic acids is 1. The van der Waals surface area contributed by atoms with Gasteiger partial charge in [-0.1, -0.05) is 6.07 Å². The molecule has 1 nitrogen and oxygen atoms in total. The molecular weight excluding hydrogens is 383 g/mol. The van der Waals surface area contributed by atoms with Crippen LogP contribution in [0.25, 0.3) is 0 Å². The van der Waals surface area contributed by atoms with Gasteiger partial charge in [-0.2, -0.15) is 0 Å². The van der Waals surface area contributed by atoms with E-state index in [9.17, 15) is 9.18 Å². The van der Waals surface area contributed by atoms with Crippen LogP contribution in [-0.4, -0.2) is 5.78 Å². The summed E-state index contributed by atoms with van der Waals surface area (Å²) in [7, 11) is 0. The maximum absolute atomic E-state index is 13.0. The predicted octanol–water partition coefficient (Wildman–Crippen LogP) is 5.15. The maximum Gasteiger partial charge on any atom is 0.169 e. The number of hydrogen-bond donors (Lipinski definition) is 0. The Bertz CT molecular complexity index is 607. The smallest absolute Gasteiger partial charge is 0.169 e. The second-order valence-electron chi connectivity index (χ2n) is 3.91. The van der Waals surface area contributed by atoms with Gasteiger partial charge in [0.1, 0.15) is 5.82 Å². The molecule has 0 saturated carbocycles. The first-order valence-electron chi connectivity index (χ1n) is 5.20. The van der Waals surface area contributed by atoms with E-state index in [-0.39, 0.29) is 18.0 Å². The van der Waals surface area contributed by atoms with Gasteiger partial charge >= 0.3 is 0 Å². The third-order valence-corrected chi connectivity index (χ3v) is 4.95. The fourth-order valence-electron chi connectivity index (χ4n) is 1.66. The van der Waals surface area contributed by atoms with Crippen LogP contribution in [0.3, 0.4) is 0 Å². The molecule has 2 rings (SSSR count). The fraction of sp³-hybridized carbons (Fsp3) is 0.154. The molecule has 0 unspecified atom stereocenters. The summed E-state index contributed by atoms with van der Waals surface area (Å²) < 4.78 is 14.7. The van der Waals surface area contributed by atoms with Crippen LogP contribution in [0.2, 0.25) is 0 Å². The Morgan fingerprint density at radius 3 is 2.61 bits per heavy atom. The molecule has 0 amide bonds. The molecule has 0 aliphatic carbocycles. The van der Waals surface area contributed by atoms with Crippen molar-refractivity contribution in [3.8, 4) is 0 Å². The lowest BCUT2D eigenvalue weighted by molar-refractivity contribution is 0.0992. The van der Waals surface area contributed by atoms with E-state index in [1.807, 2.05) is 6.92 Å². The molecule has 0 aliphatic rings. The molecule has 0 N–H and O–H groups in total. The van der Waals surface area contributed by atoms with E-state index >= 15 is 0 Å². The monoisotopic (exact) mass is 390 g/mol. The average molecular weight is 392 g/mol. The third-order valence-electron chi connectivity index (χ3n) is 2.61. The highest BCUT2D eigenvalue weighted by molar-refractivity contribution is 9.12. The summed E-state index contributed by atoms with van der Waals surface area (Å²) in [6.07, 6.45) is 0.286. The van der Waals surface area contributed by atoms with Crippen molar-refractivity contribution in [2.24, 2.45) is 0 Å². The number of halogens is 3. The molecule has 0 saturated heterocycles. The second-order valence-corrected chi connectivity index (χ2v) is 7.66. The summed E-state index contributed by atoms with van der Waals surface area (Å²) in [6, 6.07) is 6.29. The van der Waals surface area contributed by atoms with Gasteiger partial charge < -0.3 is 0 Å². The van der Waals surface area contributed by atoms with Crippen molar-refractivity contribution in [2.45, 2.75) is 13.3 Å². The Labute approximate surface area is 125 Å². The van der Waals surface area contributed by atoms with Crippen molar-refractivity contribution in [3.63, 3.8) is 0 Å². The topological polar surface area (TPSA) is 17.1 Å². The van der Waals surface area contributed by atoms with Gasteiger partial charge in [-0.3, -0.25) is 4.79 Å². The standard InChI is InChI=1S/C13H9Br2FOS/c1-7-4-9(16)3-2-8(7)5-11(17)10-6-12(14)18-13(10)15/h2-4,6H,5H2,1H3. The Hall–Kier alpha value is -0.520. The minimum atomic E-state index is -0.275. The molecule has 0 atom stereocenters. The Balaban J connectivity index is 2.24. The van der Waals surface area contributed by atoms with Crippen molar-refractivity contribution in [1.82, 2.24) is 0 Å². The number of rotatable bonds is 3. The molecule has 94 valence electrons. The van der Waals surface area contributed by atoms with Gasteiger partial charge in [0, 0.05) is 12.0 Å². The largest absolute Gasteiger partial charge is 0.294 e. The van der Waals surface area contributed by atoms with Crippen LogP contribution in [0, 0.1) is 12.7 Å². The molecule has 1 aromatic carbocycles. The van der Waals surface area contributed by atoms with Crippen LogP contribution in [0.1, 0.15) is 21.5 Å². The maximum atomic E-state index is 13.0. The Morgan fingerprint density at radius 1 is 1.33 bits per heavy atom. The van der Waals surface area contributed by atoms with Crippen molar-refractivity contribution in [1.29, 1.82) is 0 Å². The molecule has 0 aliphatic heterocycles. The second kappa shape index (κ2) is 5.63. The lowest BCUT2D eigenvalue weighted by atomic mass is 10.0. The fourth-order valence-corrected chi connectivity index (χ4v) is 4.51. The third kappa shape index (κ3) is 3.08. The summed E-state index contributed by atoms with van der Waals surface area (Å²) in [4.78, 5) is 12.1. The van der Waals surface area contributed by atoms with Gasteiger partial charge in [-0.05, 0) is 68.1 Å². The lowest BCUT2D eigenvalue weighted by Gasteiger charge is -2.04. The van der Waals surface area contributed by atoms with Crippen molar-refractivity contribution < 1.29 is 9.18 Å². The molecule has 1 aromatic heterocycles. The van der Waals surface area contributed by atoms with E-state index in [1.165, 1.54) is 23.5 Å². The highest BCUT2D eigenvalue weighted by Gasteiger charge is 2.15. The average Bonchev–Trinajstić information content (AvgIpc) is 2.62. The van der Waals surface area contributed by atoms with E-state index in [0.29, 0.717) is 5.56 Å². The van der Waals surface area contributed by atoms with Gasteiger partial charge in [0.2, 0.25) is 0 Å². The van der Waals surface area contributed by atoms with E-state index < -0.39 is 0 Å². The van der Waals surface area contributed by atoms with Crippen LogP contribution in [0.15, 0.2) is 31.8 Å². The molecule has 2 aromatic rings. The van der Waals surface area contributed by atoms with Crippen LogP contribution in [-0.2, 0) is 6.42 Å². The van der Waals surface area contributed by atoms with Gasteiger partial charge in [0.25, 0.3) is 0 Å². The molecule has 0 fully saturated rings.